The van der Waals surface area contributed by atoms with E-state index < -0.39 is 18.0 Å². The number of nitrogens with one attached hydrogen (secondary N) is 1. The van der Waals surface area contributed by atoms with E-state index in [1.165, 1.54) is 10.8 Å². The molecular weight excluding hydrogens is 260 g/mol. The van der Waals surface area contributed by atoms with Crippen molar-refractivity contribution in [2.75, 3.05) is 0 Å². The second-order valence-electron chi connectivity index (χ2n) is 5.34. The Hall–Kier alpha value is -1.66. The van der Waals surface area contributed by atoms with E-state index in [4.69, 9.17) is 4.74 Å². The number of H-pyrrole nitrogens is 1. The number of aliphatic hydroxyl groups excluding tert-OH is 1. The van der Waals surface area contributed by atoms with Gasteiger partial charge in [-0.25, -0.2) is 4.79 Å². The van der Waals surface area contributed by atoms with Crippen LogP contribution in [0.2, 0.25) is 0 Å². The molecule has 0 spiro atoms. The molecule has 0 aromatic carbocycles. The fourth-order valence-corrected chi connectivity index (χ4v) is 2.58. The van der Waals surface area contributed by atoms with Gasteiger partial charge in [0.05, 0.1) is 12.2 Å². The van der Waals surface area contributed by atoms with E-state index in [0.717, 1.165) is 0 Å². The van der Waals surface area contributed by atoms with Crippen LogP contribution in [-0.2, 0) is 4.74 Å². The van der Waals surface area contributed by atoms with Gasteiger partial charge in [-0.05, 0) is 25.7 Å². The first-order valence-electron chi connectivity index (χ1n) is 6.70. The SMILES string of the molecule is C=CC[C@H](O)[C@H]1O[C@@H](n2cc(C)c(=O)[nH]c2=O)C[C@@H]1C. The topological polar surface area (TPSA) is 84.3 Å². The van der Waals surface area contributed by atoms with Crippen LogP contribution < -0.4 is 11.2 Å². The van der Waals surface area contributed by atoms with Crippen molar-refractivity contribution >= 4 is 0 Å². The van der Waals surface area contributed by atoms with Gasteiger partial charge >= 0.3 is 5.69 Å². The van der Waals surface area contributed by atoms with Gasteiger partial charge in [-0.3, -0.25) is 14.3 Å². The summed E-state index contributed by atoms with van der Waals surface area (Å²) in [5.41, 5.74) is -0.423. The second kappa shape index (κ2) is 5.76. The third kappa shape index (κ3) is 2.76. The Kier molecular flexibility index (Phi) is 4.25. The highest BCUT2D eigenvalue weighted by atomic mass is 16.5. The molecule has 2 heterocycles. The third-order valence-electron chi connectivity index (χ3n) is 3.69. The number of aryl methyl sites for hydroxylation is 1. The van der Waals surface area contributed by atoms with Crippen molar-refractivity contribution in [1.29, 1.82) is 0 Å². The molecule has 1 aromatic rings. The molecule has 4 atom stereocenters. The maximum atomic E-state index is 11.8. The highest BCUT2D eigenvalue weighted by molar-refractivity contribution is 5.02. The van der Waals surface area contributed by atoms with Crippen LogP contribution in [0.4, 0.5) is 0 Å². The summed E-state index contributed by atoms with van der Waals surface area (Å²) in [6.45, 7) is 7.21. The second-order valence-corrected chi connectivity index (χ2v) is 5.34. The molecule has 6 nitrogen and oxygen atoms in total. The predicted molar refractivity (Wildman–Crippen MR) is 74.6 cm³/mol. The number of aromatic nitrogens is 2. The lowest BCUT2D eigenvalue weighted by Crippen LogP contribution is -2.34. The molecule has 0 aliphatic carbocycles. The molecule has 0 radical (unpaired) electrons. The fourth-order valence-electron chi connectivity index (χ4n) is 2.58. The summed E-state index contributed by atoms with van der Waals surface area (Å²) in [5, 5.41) is 10.0. The fraction of sp³-hybridized carbons (Fsp3) is 0.571. The van der Waals surface area contributed by atoms with Crippen molar-refractivity contribution in [1.82, 2.24) is 9.55 Å². The van der Waals surface area contributed by atoms with E-state index in [-0.39, 0.29) is 17.6 Å². The molecule has 2 N–H and O–H groups in total. The first-order chi connectivity index (χ1) is 9.43. The van der Waals surface area contributed by atoms with Gasteiger partial charge in [0, 0.05) is 11.8 Å². The Labute approximate surface area is 116 Å². The molecular formula is C14H20N2O4. The molecule has 0 bridgehead atoms. The molecule has 1 aromatic heterocycles. The summed E-state index contributed by atoms with van der Waals surface area (Å²) in [5.74, 6) is 0.120. The molecule has 6 heteroatoms. The molecule has 1 saturated heterocycles. The van der Waals surface area contributed by atoms with Crippen molar-refractivity contribution in [3.8, 4) is 0 Å². The van der Waals surface area contributed by atoms with Crippen molar-refractivity contribution < 1.29 is 9.84 Å². The Bertz CT molecular complexity index is 604. The standard InChI is InChI=1S/C14H20N2O4/c1-4-5-10(17)12-8(2)6-11(20-12)16-7-9(3)13(18)15-14(16)19/h4,7-8,10-12,17H,1,5-6H2,2-3H3,(H,15,18,19)/t8-,10-,11+,12-/m0/s1. The van der Waals surface area contributed by atoms with Crippen molar-refractivity contribution in [2.45, 2.75) is 45.1 Å². The Morgan fingerprint density at radius 1 is 1.65 bits per heavy atom. The van der Waals surface area contributed by atoms with Crippen LogP contribution in [0.25, 0.3) is 0 Å². The minimum absolute atomic E-state index is 0.120. The molecule has 110 valence electrons. The quantitative estimate of drug-likeness (QED) is 0.795. The van der Waals surface area contributed by atoms with E-state index in [2.05, 4.69) is 11.6 Å². The van der Waals surface area contributed by atoms with Gasteiger partial charge < -0.3 is 9.84 Å². The Balaban J connectivity index is 2.24. The molecule has 20 heavy (non-hydrogen) atoms. The van der Waals surface area contributed by atoms with Gasteiger partial charge in [-0.15, -0.1) is 6.58 Å². The largest absolute Gasteiger partial charge is 0.390 e. The van der Waals surface area contributed by atoms with Crippen molar-refractivity contribution in [2.24, 2.45) is 5.92 Å². The molecule has 0 saturated carbocycles. The zero-order chi connectivity index (χ0) is 14.9. The van der Waals surface area contributed by atoms with Gasteiger partial charge in [0.1, 0.15) is 6.23 Å². The van der Waals surface area contributed by atoms with E-state index in [1.807, 2.05) is 6.92 Å². The number of rotatable bonds is 4. The Morgan fingerprint density at radius 3 is 3.00 bits per heavy atom. The maximum Gasteiger partial charge on any atom is 0.330 e. The summed E-state index contributed by atoms with van der Waals surface area (Å²) in [6.07, 6.45) is 2.78. The number of aliphatic hydroxyl groups is 1. The van der Waals surface area contributed by atoms with Crippen LogP contribution in [-0.4, -0.2) is 26.9 Å². The average Bonchev–Trinajstić information content (AvgIpc) is 2.76. The minimum Gasteiger partial charge on any atom is -0.390 e. The summed E-state index contributed by atoms with van der Waals surface area (Å²) in [4.78, 5) is 25.5. The first kappa shape index (κ1) is 14.7. The molecule has 0 amide bonds. The summed E-state index contributed by atoms with van der Waals surface area (Å²) in [6, 6.07) is 0. The van der Waals surface area contributed by atoms with Crippen LogP contribution in [0.15, 0.2) is 28.4 Å². The number of ether oxygens (including phenoxy) is 1. The minimum atomic E-state index is -0.632. The smallest absolute Gasteiger partial charge is 0.330 e. The van der Waals surface area contributed by atoms with Gasteiger partial charge in [0.15, 0.2) is 0 Å². The third-order valence-corrected chi connectivity index (χ3v) is 3.69. The van der Waals surface area contributed by atoms with Crippen LogP contribution in [0, 0.1) is 12.8 Å². The van der Waals surface area contributed by atoms with Gasteiger partial charge in [0.25, 0.3) is 5.56 Å². The Morgan fingerprint density at radius 2 is 2.35 bits per heavy atom. The molecule has 2 rings (SSSR count). The number of hydrogen-bond acceptors (Lipinski definition) is 4. The zero-order valence-electron chi connectivity index (χ0n) is 11.7. The maximum absolute atomic E-state index is 11.8. The van der Waals surface area contributed by atoms with Gasteiger partial charge in [-0.2, -0.15) is 0 Å². The van der Waals surface area contributed by atoms with Crippen molar-refractivity contribution in [3.05, 3.63) is 45.3 Å². The van der Waals surface area contributed by atoms with E-state index in [1.54, 1.807) is 13.0 Å². The van der Waals surface area contributed by atoms with Crippen LogP contribution in [0.1, 0.15) is 31.6 Å². The van der Waals surface area contributed by atoms with Crippen LogP contribution >= 0.6 is 0 Å². The average molecular weight is 280 g/mol. The molecule has 1 fully saturated rings. The number of nitrogens with zero attached hydrogens (tertiary/aromatic N) is 1. The lowest BCUT2D eigenvalue weighted by molar-refractivity contribution is -0.0674. The number of hydrogen-bond donors (Lipinski definition) is 2. The lowest BCUT2D eigenvalue weighted by Gasteiger charge is -2.21. The normalized spacial score (nSPS) is 27.4. The predicted octanol–water partition coefficient (Wildman–Crippen LogP) is 0.706. The highest BCUT2D eigenvalue weighted by Crippen LogP contribution is 2.34. The highest BCUT2D eigenvalue weighted by Gasteiger charge is 2.37. The summed E-state index contributed by atoms with van der Waals surface area (Å²) < 4.78 is 7.18. The monoisotopic (exact) mass is 280 g/mol. The molecule has 1 aliphatic rings. The molecule has 0 unspecified atom stereocenters. The molecule has 1 aliphatic heterocycles. The van der Waals surface area contributed by atoms with Gasteiger partial charge in [-0.1, -0.05) is 13.0 Å². The summed E-state index contributed by atoms with van der Waals surface area (Å²) >= 11 is 0. The first-order valence-corrected chi connectivity index (χ1v) is 6.70. The lowest BCUT2D eigenvalue weighted by atomic mass is 9.97. The van der Waals surface area contributed by atoms with Crippen molar-refractivity contribution in [3.63, 3.8) is 0 Å². The summed E-state index contributed by atoms with van der Waals surface area (Å²) in [7, 11) is 0. The number of aromatic amines is 1. The van der Waals surface area contributed by atoms with Gasteiger partial charge in [0.2, 0.25) is 0 Å². The van der Waals surface area contributed by atoms with E-state index >= 15 is 0 Å². The van der Waals surface area contributed by atoms with E-state index in [9.17, 15) is 14.7 Å². The van der Waals surface area contributed by atoms with E-state index in [0.29, 0.717) is 18.4 Å². The zero-order valence-corrected chi connectivity index (χ0v) is 11.7. The van der Waals surface area contributed by atoms with Crippen LogP contribution in [0.3, 0.4) is 0 Å². The van der Waals surface area contributed by atoms with Crippen LogP contribution in [0.5, 0.6) is 0 Å².